The Hall–Kier alpha value is -2.67. The maximum Gasteiger partial charge on any atom is 0.244 e. The standard InChI is InChI=1S/C25H25ClN2O3S/c26-21-13-15-22(16-14-21)32(30,31)28(24-12-6-7-17-27-25(24)29)18-20-10-4-5-11-23(20)19-8-2-1-3-9-19/h1-5,8-11,13-16,24H,6-7,12,17-18H2,(H,27,29). The average Bonchev–Trinajstić information content (AvgIpc) is 3.02. The summed E-state index contributed by atoms with van der Waals surface area (Å²) in [7, 11) is -3.95. The molecule has 1 heterocycles. The van der Waals surface area contributed by atoms with E-state index in [1.54, 1.807) is 12.1 Å². The molecule has 4 rings (SSSR count). The molecule has 0 radical (unpaired) electrons. The third kappa shape index (κ3) is 4.88. The number of halogens is 1. The van der Waals surface area contributed by atoms with Crippen LogP contribution in [0.1, 0.15) is 24.8 Å². The van der Waals surface area contributed by atoms with Crippen molar-refractivity contribution < 1.29 is 13.2 Å². The lowest BCUT2D eigenvalue weighted by molar-refractivity contribution is -0.124. The van der Waals surface area contributed by atoms with E-state index in [4.69, 9.17) is 11.6 Å². The number of hydrogen-bond acceptors (Lipinski definition) is 3. The number of amides is 1. The second-order valence-electron chi connectivity index (χ2n) is 7.83. The van der Waals surface area contributed by atoms with Gasteiger partial charge in [0.05, 0.1) is 4.90 Å². The monoisotopic (exact) mass is 468 g/mol. The molecule has 0 bridgehead atoms. The zero-order valence-electron chi connectivity index (χ0n) is 17.6. The molecule has 0 aliphatic carbocycles. The molecule has 1 atom stereocenters. The van der Waals surface area contributed by atoms with Crippen molar-refractivity contribution in [2.24, 2.45) is 0 Å². The van der Waals surface area contributed by atoms with Gasteiger partial charge in [-0.05, 0) is 60.2 Å². The molecule has 166 valence electrons. The van der Waals surface area contributed by atoms with Crippen LogP contribution in [-0.4, -0.2) is 31.2 Å². The lowest BCUT2D eigenvalue weighted by Crippen LogP contribution is -2.48. The molecule has 0 aromatic heterocycles. The van der Waals surface area contributed by atoms with Crippen molar-refractivity contribution >= 4 is 27.5 Å². The van der Waals surface area contributed by atoms with Crippen LogP contribution in [0.5, 0.6) is 0 Å². The fourth-order valence-electron chi connectivity index (χ4n) is 4.03. The Morgan fingerprint density at radius 2 is 1.59 bits per heavy atom. The van der Waals surface area contributed by atoms with Gasteiger partial charge < -0.3 is 5.32 Å². The summed E-state index contributed by atoms with van der Waals surface area (Å²) in [6.45, 7) is 0.652. The van der Waals surface area contributed by atoms with Crippen LogP contribution in [0.3, 0.4) is 0 Å². The first kappa shape index (κ1) is 22.5. The van der Waals surface area contributed by atoms with Crippen LogP contribution in [0.4, 0.5) is 0 Å². The Balaban J connectivity index is 1.79. The maximum atomic E-state index is 13.8. The molecule has 0 saturated carbocycles. The molecule has 7 heteroatoms. The number of benzene rings is 3. The molecule has 1 unspecified atom stereocenters. The summed E-state index contributed by atoms with van der Waals surface area (Å²) in [6.07, 6.45) is 2.08. The molecule has 3 aromatic carbocycles. The van der Waals surface area contributed by atoms with Crippen LogP contribution in [0, 0.1) is 0 Å². The van der Waals surface area contributed by atoms with E-state index in [0.717, 1.165) is 29.5 Å². The van der Waals surface area contributed by atoms with Gasteiger partial charge >= 0.3 is 0 Å². The molecule has 0 spiro atoms. The van der Waals surface area contributed by atoms with Crippen molar-refractivity contribution in [2.45, 2.75) is 36.7 Å². The van der Waals surface area contributed by atoms with E-state index in [0.29, 0.717) is 18.0 Å². The Kier molecular flexibility index (Phi) is 6.94. The first-order valence-electron chi connectivity index (χ1n) is 10.7. The molecule has 1 aliphatic rings. The highest BCUT2D eigenvalue weighted by Crippen LogP contribution is 2.30. The molecule has 32 heavy (non-hydrogen) atoms. The number of rotatable bonds is 6. The number of carbonyl (C=O) groups is 1. The lowest BCUT2D eigenvalue weighted by Gasteiger charge is -2.30. The molecule has 1 saturated heterocycles. The van der Waals surface area contributed by atoms with E-state index in [1.165, 1.54) is 16.4 Å². The first-order valence-corrected chi connectivity index (χ1v) is 12.5. The van der Waals surface area contributed by atoms with Crippen LogP contribution >= 0.6 is 11.6 Å². The fourth-order valence-corrected chi connectivity index (χ4v) is 5.75. The maximum absolute atomic E-state index is 13.8. The molecule has 1 N–H and O–H groups in total. The predicted octanol–water partition coefficient (Wildman–Crippen LogP) is 4.87. The van der Waals surface area contributed by atoms with Crippen molar-refractivity contribution in [3.63, 3.8) is 0 Å². The molecule has 5 nitrogen and oxygen atoms in total. The van der Waals surface area contributed by atoms with Gasteiger partial charge in [-0.15, -0.1) is 0 Å². The fraction of sp³-hybridized carbons (Fsp3) is 0.240. The van der Waals surface area contributed by atoms with Crippen molar-refractivity contribution in [3.05, 3.63) is 89.4 Å². The number of nitrogens with zero attached hydrogens (tertiary/aromatic N) is 1. The average molecular weight is 469 g/mol. The SMILES string of the molecule is O=C1NCCCCC1N(Cc1ccccc1-c1ccccc1)S(=O)(=O)c1ccc(Cl)cc1. The number of nitrogens with one attached hydrogen (secondary N) is 1. The molecule has 3 aromatic rings. The molecule has 1 aliphatic heterocycles. The van der Waals surface area contributed by atoms with E-state index >= 15 is 0 Å². The second-order valence-corrected chi connectivity index (χ2v) is 10.2. The predicted molar refractivity (Wildman–Crippen MR) is 127 cm³/mol. The zero-order valence-corrected chi connectivity index (χ0v) is 19.1. The minimum Gasteiger partial charge on any atom is -0.355 e. The van der Waals surface area contributed by atoms with Crippen LogP contribution in [-0.2, 0) is 21.4 Å². The Labute approximate surface area is 194 Å². The van der Waals surface area contributed by atoms with Gasteiger partial charge in [0.1, 0.15) is 6.04 Å². The van der Waals surface area contributed by atoms with Gasteiger partial charge in [0, 0.05) is 18.1 Å². The lowest BCUT2D eigenvalue weighted by atomic mass is 9.99. The quantitative estimate of drug-likeness (QED) is 0.561. The third-order valence-corrected chi connectivity index (χ3v) is 7.82. The van der Waals surface area contributed by atoms with Gasteiger partial charge in [-0.25, -0.2) is 8.42 Å². The van der Waals surface area contributed by atoms with Gasteiger partial charge in [0.15, 0.2) is 0 Å². The largest absolute Gasteiger partial charge is 0.355 e. The summed E-state index contributed by atoms with van der Waals surface area (Å²) in [4.78, 5) is 13.0. The molecule has 1 fully saturated rings. The van der Waals surface area contributed by atoms with E-state index in [-0.39, 0.29) is 17.3 Å². The van der Waals surface area contributed by atoms with Crippen molar-refractivity contribution in [1.82, 2.24) is 9.62 Å². The highest BCUT2D eigenvalue weighted by Gasteiger charge is 2.36. The highest BCUT2D eigenvalue weighted by atomic mass is 35.5. The minimum absolute atomic E-state index is 0.0914. The topological polar surface area (TPSA) is 66.5 Å². The zero-order chi connectivity index (χ0) is 22.6. The minimum atomic E-state index is -3.95. The Morgan fingerprint density at radius 3 is 2.34 bits per heavy atom. The van der Waals surface area contributed by atoms with Crippen molar-refractivity contribution in [3.8, 4) is 11.1 Å². The van der Waals surface area contributed by atoms with Crippen LogP contribution in [0.25, 0.3) is 11.1 Å². The van der Waals surface area contributed by atoms with E-state index in [9.17, 15) is 13.2 Å². The summed E-state index contributed by atoms with van der Waals surface area (Å²) in [5.74, 6) is -0.253. The van der Waals surface area contributed by atoms with Crippen LogP contribution in [0.2, 0.25) is 5.02 Å². The second kappa shape index (κ2) is 9.86. The van der Waals surface area contributed by atoms with Gasteiger partial charge in [-0.3, -0.25) is 4.79 Å². The summed E-state index contributed by atoms with van der Waals surface area (Å²) in [5, 5.41) is 3.33. The summed E-state index contributed by atoms with van der Waals surface area (Å²) in [5.41, 5.74) is 2.78. The van der Waals surface area contributed by atoms with Gasteiger partial charge in [-0.2, -0.15) is 4.31 Å². The van der Waals surface area contributed by atoms with E-state index < -0.39 is 16.1 Å². The molecular formula is C25H25ClN2O3S. The summed E-state index contributed by atoms with van der Waals surface area (Å²) < 4.78 is 28.9. The van der Waals surface area contributed by atoms with Crippen LogP contribution < -0.4 is 5.32 Å². The molecular weight excluding hydrogens is 444 g/mol. The van der Waals surface area contributed by atoms with Gasteiger partial charge in [-0.1, -0.05) is 66.2 Å². The Bertz CT molecular complexity index is 1180. The van der Waals surface area contributed by atoms with Gasteiger partial charge in [0.2, 0.25) is 15.9 Å². The van der Waals surface area contributed by atoms with Crippen molar-refractivity contribution in [2.75, 3.05) is 6.54 Å². The first-order chi connectivity index (χ1) is 15.5. The van der Waals surface area contributed by atoms with Gasteiger partial charge in [0.25, 0.3) is 0 Å². The number of carbonyl (C=O) groups excluding carboxylic acids is 1. The Morgan fingerprint density at radius 1 is 0.906 bits per heavy atom. The third-order valence-electron chi connectivity index (χ3n) is 5.70. The number of sulfonamides is 1. The van der Waals surface area contributed by atoms with E-state index in [1.807, 2.05) is 54.6 Å². The number of hydrogen-bond donors (Lipinski definition) is 1. The van der Waals surface area contributed by atoms with E-state index in [2.05, 4.69) is 5.32 Å². The smallest absolute Gasteiger partial charge is 0.244 e. The summed E-state index contributed by atoms with van der Waals surface area (Å²) >= 11 is 5.98. The summed E-state index contributed by atoms with van der Waals surface area (Å²) in [6, 6.07) is 22.9. The normalized spacial score (nSPS) is 17.1. The molecule has 1 amide bonds. The van der Waals surface area contributed by atoms with Crippen LogP contribution in [0.15, 0.2) is 83.8 Å². The van der Waals surface area contributed by atoms with Crippen molar-refractivity contribution in [1.29, 1.82) is 0 Å². The highest BCUT2D eigenvalue weighted by molar-refractivity contribution is 7.89.